The minimum absolute atomic E-state index is 0.0372. The summed E-state index contributed by atoms with van der Waals surface area (Å²) in [5, 5.41) is 7.00. The van der Waals surface area contributed by atoms with E-state index in [2.05, 4.69) is 4.72 Å². The zero-order valence-electron chi connectivity index (χ0n) is 11.3. The summed E-state index contributed by atoms with van der Waals surface area (Å²) in [7, 11) is -7.81. The third kappa shape index (κ3) is 5.06. The van der Waals surface area contributed by atoms with Crippen LogP contribution in [-0.4, -0.2) is 35.5 Å². The van der Waals surface area contributed by atoms with E-state index in [1.807, 2.05) is 0 Å². The van der Waals surface area contributed by atoms with Crippen molar-refractivity contribution in [3.63, 3.8) is 0 Å². The number of sulfone groups is 1. The smallest absolute Gasteiger partial charge is 0.243 e. The summed E-state index contributed by atoms with van der Waals surface area (Å²) >= 11 is 0. The Morgan fingerprint density at radius 2 is 1.95 bits per heavy atom. The first kappa shape index (κ1) is 17.5. The fourth-order valence-corrected chi connectivity index (χ4v) is 3.38. The van der Waals surface area contributed by atoms with E-state index >= 15 is 0 Å². The van der Waals surface area contributed by atoms with Crippen LogP contribution in [0.3, 0.4) is 0 Å². The number of halogens is 1. The maximum absolute atomic E-state index is 13.6. The van der Waals surface area contributed by atoms with E-state index in [0.29, 0.717) is 0 Å². The maximum Gasteiger partial charge on any atom is 0.243 e. The van der Waals surface area contributed by atoms with E-state index in [1.54, 1.807) is 0 Å². The lowest BCUT2D eigenvalue weighted by Crippen LogP contribution is -2.26. The maximum atomic E-state index is 13.6. The largest absolute Gasteiger partial charge is 0.388 e. The van der Waals surface area contributed by atoms with E-state index in [4.69, 9.17) is 11.1 Å². The van der Waals surface area contributed by atoms with E-state index < -0.39 is 30.6 Å². The molecule has 21 heavy (non-hydrogen) atoms. The van der Waals surface area contributed by atoms with E-state index in [-0.39, 0.29) is 30.1 Å². The Morgan fingerprint density at radius 1 is 1.33 bits per heavy atom. The van der Waals surface area contributed by atoms with E-state index in [0.717, 1.165) is 24.5 Å². The lowest BCUT2D eigenvalue weighted by Gasteiger charge is -2.09. The van der Waals surface area contributed by atoms with Crippen LogP contribution in [0, 0.1) is 11.2 Å². The normalized spacial score (nSPS) is 12.3. The summed E-state index contributed by atoms with van der Waals surface area (Å²) in [6.45, 7) is -0.0372. The summed E-state index contributed by atoms with van der Waals surface area (Å²) in [4.78, 5) is -1.01. The number of rotatable bonds is 7. The first-order valence-electron chi connectivity index (χ1n) is 5.86. The average molecular weight is 337 g/mol. The number of benzene rings is 1. The van der Waals surface area contributed by atoms with Crippen LogP contribution in [0.1, 0.15) is 12.8 Å². The number of hydrogen-bond donors (Lipinski definition) is 3. The molecule has 1 aromatic carbocycles. The van der Waals surface area contributed by atoms with Gasteiger partial charge in [-0.15, -0.1) is 0 Å². The van der Waals surface area contributed by atoms with E-state index in [1.165, 1.54) is 0 Å². The zero-order valence-corrected chi connectivity index (χ0v) is 12.9. The van der Waals surface area contributed by atoms with Crippen LogP contribution < -0.4 is 10.5 Å². The summed E-state index contributed by atoms with van der Waals surface area (Å²) in [5.41, 5.74) is 5.12. The Bertz CT molecular complexity index is 745. The minimum atomic E-state index is -4.17. The monoisotopic (exact) mass is 337 g/mol. The molecular weight excluding hydrogens is 321 g/mol. The fraction of sp³-hybridized carbons (Fsp3) is 0.364. The molecule has 0 radical (unpaired) electrons. The molecule has 10 heteroatoms. The van der Waals surface area contributed by atoms with Crippen LogP contribution in [0.2, 0.25) is 0 Å². The Balaban J connectivity index is 3.00. The number of sulfonamides is 1. The van der Waals surface area contributed by atoms with Crippen LogP contribution in [0.5, 0.6) is 0 Å². The van der Waals surface area contributed by atoms with Crippen molar-refractivity contribution in [2.75, 3.05) is 12.8 Å². The van der Waals surface area contributed by atoms with Gasteiger partial charge >= 0.3 is 0 Å². The van der Waals surface area contributed by atoms with Gasteiger partial charge in [0.15, 0.2) is 9.84 Å². The molecule has 0 saturated carbocycles. The van der Waals surface area contributed by atoms with Gasteiger partial charge in [0.05, 0.1) is 10.7 Å². The van der Waals surface area contributed by atoms with Gasteiger partial charge in [0, 0.05) is 19.2 Å². The van der Waals surface area contributed by atoms with Gasteiger partial charge in [-0.1, -0.05) is 0 Å². The minimum Gasteiger partial charge on any atom is -0.388 e. The Hall–Kier alpha value is -1.52. The molecule has 0 bridgehead atoms. The van der Waals surface area contributed by atoms with E-state index in [9.17, 15) is 21.2 Å². The molecule has 0 heterocycles. The molecule has 0 unspecified atom stereocenters. The molecule has 0 spiro atoms. The van der Waals surface area contributed by atoms with Crippen molar-refractivity contribution in [1.29, 1.82) is 5.41 Å². The summed E-state index contributed by atoms with van der Waals surface area (Å²) < 4.78 is 62.4. The summed E-state index contributed by atoms with van der Waals surface area (Å²) in [5.74, 6) is -1.12. The first-order valence-corrected chi connectivity index (χ1v) is 9.23. The van der Waals surface area contributed by atoms with Gasteiger partial charge < -0.3 is 5.73 Å². The molecule has 7 nitrogen and oxygen atoms in total. The molecule has 4 N–H and O–H groups in total. The van der Waals surface area contributed by atoms with Crippen molar-refractivity contribution in [3.05, 3.63) is 24.0 Å². The summed E-state index contributed by atoms with van der Waals surface area (Å²) in [6.07, 6.45) is 1.38. The lowest BCUT2D eigenvalue weighted by atomic mass is 10.3. The summed E-state index contributed by atoms with van der Waals surface area (Å²) in [6, 6.07) is 2.57. The number of nitrogens with two attached hydrogens (primary N) is 1. The molecule has 1 aromatic rings. The van der Waals surface area contributed by atoms with Crippen molar-refractivity contribution in [1.82, 2.24) is 4.72 Å². The lowest BCUT2D eigenvalue weighted by molar-refractivity contribution is 0.554. The predicted molar refractivity (Wildman–Crippen MR) is 75.8 cm³/mol. The number of amidine groups is 1. The third-order valence-corrected chi connectivity index (χ3v) is 5.12. The SMILES string of the molecule is CS(=O)(=O)c1ccc(F)c(S(=O)(=O)NCCCC(=N)N)c1. The van der Waals surface area contributed by atoms with Gasteiger partial charge in [0.2, 0.25) is 10.0 Å². The molecule has 0 aliphatic rings. The molecule has 0 aromatic heterocycles. The van der Waals surface area contributed by atoms with Gasteiger partial charge in [0.25, 0.3) is 0 Å². The molecule has 1 rings (SSSR count). The molecule has 0 atom stereocenters. The fourth-order valence-electron chi connectivity index (χ4n) is 1.48. The Kier molecular flexibility index (Phi) is 5.42. The Morgan fingerprint density at radius 3 is 2.48 bits per heavy atom. The number of hydrogen-bond acceptors (Lipinski definition) is 5. The first-order chi connectivity index (χ1) is 9.54. The van der Waals surface area contributed by atoms with Crippen molar-refractivity contribution >= 4 is 25.7 Å². The van der Waals surface area contributed by atoms with Gasteiger partial charge in [-0.3, -0.25) is 5.41 Å². The van der Waals surface area contributed by atoms with Crippen molar-refractivity contribution in [3.8, 4) is 0 Å². The standard InChI is InChI=1S/C11H16FN3O4S2/c1-20(16,17)8-4-5-9(12)10(7-8)21(18,19)15-6-2-3-11(13)14/h4-5,7,15H,2-3,6H2,1H3,(H3,13,14). The molecule has 0 amide bonds. The molecule has 0 aliphatic heterocycles. The average Bonchev–Trinajstić information content (AvgIpc) is 2.33. The van der Waals surface area contributed by atoms with Crippen molar-refractivity contribution in [2.24, 2.45) is 5.73 Å². The second-order valence-electron chi connectivity index (χ2n) is 4.39. The second kappa shape index (κ2) is 6.50. The van der Waals surface area contributed by atoms with Gasteiger partial charge in [0.1, 0.15) is 10.7 Å². The zero-order chi connectivity index (χ0) is 16.3. The molecule has 0 aliphatic carbocycles. The van der Waals surface area contributed by atoms with Crippen LogP contribution in [-0.2, 0) is 19.9 Å². The third-order valence-electron chi connectivity index (χ3n) is 2.54. The molecule has 0 fully saturated rings. The van der Waals surface area contributed by atoms with Crippen LogP contribution >= 0.6 is 0 Å². The van der Waals surface area contributed by atoms with Gasteiger partial charge in [-0.05, 0) is 24.6 Å². The highest BCUT2D eigenvalue weighted by Crippen LogP contribution is 2.19. The molecule has 0 saturated heterocycles. The van der Waals surface area contributed by atoms with Crippen molar-refractivity contribution in [2.45, 2.75) is 22.6 Å². The van der Waals surface area contributed by atoms with Gasteiger partial charge in [-0.25, -0.2) is 25.9 Å². The molecular formula is C11H16FN3O4S2. The second-order valence-corrected chi connectivity index (χ2v) is 8.14. The quantitative estimate of drug-likeness (QED) is 0.284. The Labute approximate surface area is 122 Å². The molecule has 118 valence electrons. The topological polar surface area (TPSA) is 130 Å². The highest BCUT2D eigenvalue weighted by atomic mass is 32.2. The van der Waals surface area contributed by atoms with Crippen LogP contribution in [0.15, 0.2) is 28.0 Å². The number of nitrogens with one attached hydrogen (secondary N) is 2. The highest BCUT2D eigenvalue weighted by molar-refractivity contribution is 7.91. The van der Waals surface area contributed by atoms with Crippen LogP contribution in [0.4, 0.5) is 4.39 Å². The predicted octanol–water partition coefficient (Wildman–Crippen LogP) is 0.224. The van der Waals surface area contributed by atoms with Crippen molar-refractivity contribution < 1.29 is 21.2 Å². The van der Waals surface area contributed by atoms with Gasteiger partial charge in [-0.2, -0.15) is 0 Å². The highest BCUT2D eigenvalue weighted by Gasteiger charge is 2.21. The van der Waals surface area contributed by atoms with Crippen LogP contribution in [0.25, 0.3) is 0 Å².